The molecule has 19 heavy (non-hydrogen) atoms. The van der Waals surface area contributed by atoms with Gasteiger partial charge in [-0.1, -0.05) is 12.1 Å². The van der Waals surface area contributed by atoms with Crippen molar-refractivity contribution in [2.24, 2.45) is 7.05 Å². The Labute approximate surface area is 112 Å². The molecule has 3 aromatic rings. The van der Waals surface area contributed by atoms with E-state index in [1.54, 1.807) is 0 Å². The second-order valence-corrected chi connectivity index (χ2v) is 4.67. The van der Waals surface area contributed by atoms with Crippen LogP contribution in [0.2, 0.25) is 0 Å². The van der Waals surface area contributed by atoms with E-state index in [9.17, 15) is 0 Å². The number of fused-ring (bicyclic) bond motifs is 1. The first-order valence-corrected chi connectivity index (χ1v) is 6.27. The molecule has 0 aliphatic heterocycles. The van der Waals surface area contributed by atoms with Crippen LogP contribution < -0.4 is 4.90 Å². The number of aromatic nitrogens is 3. The summed E-state index contributed by atoms with van der Waals surface area (Å²) in [4.78, 5) is 10.9. The molecule has 0 aliphatic carbocycles. The Balaban J connectivity index is 1.93. The van der Waals surface area contributed by atoms with Gasteiger partial charge in [0.25, 0.3) is 0 Å². The third kappa shape index (κ3) is 2.17. The summed E-state index contributed by atoms with van der Waals surface area (Å²) in [6.07, 6.45) is 3.64. The average Bonchev–Trinajstić information content (AvgIpc) is 2.78. The van der Waals surface area contributed by atoms with E-state index < -0.39 is 0 Å². The van der Waals surface area contributed by atoms with Crippen molar-refractivity contribution < 1.29 is 0 Å². The standard InChI is InChI=1S/C15H16N4/c1-18(11-12-7-9-16-10-8-12)15-17-13-5-3-4-6-14(13)19(15)2/h3-10H,11H2,1-2H3. The number of nitrogens with zero attached hydrogens (tertiary/aromatic N) is 4. The van der Waals surface area contributed by atoms with Gasteiger partial charge in [0.2, 0.25) is 5.95 Å². The summed E-state index contributed by atoms with van der Waals surface area (Å²) in [7, 11) is 4.11. The highest BCUT2D eigenvalue weighted by molar-refractivity contribution is 5.78. The summed E-state index contributed by atoms with van der Waals surface area (Å²) in [5, 5.41) is 0. The monoisotopic (exact) mass is 252 g/mol. The molecule has 0 radical (unpaired) electrons. The van der Waals surface area contributed by atoms with Crippen molar-refractivity contribution in [2.45, 2.75) is 6.54 Å². The van der Waals surface area contributed by atoms with Crippen LogP contribution >= 0.6 is 0 Å². The highest BCUT2D eigenvalue weighted by atomic mass is 15.3. The van der Waals surface area contributed by atoms with E-state index in [4.69, 9.17) is 0 Å². The van der Waals surface area contributed by atoms with Crippen LogP contribution in [0.3, 0.4) is 0 Å². The highest BCUT2D eigenvalue weighted by Crippen LogP contribution is 2.21. The predicted octanol–water partition coefficient (Wildman–Crippen LogP) is 2.60. The van der Waals surface area contributed by atoms with E-state index in [0.717, 1.165) is 23.5 Å². The SMILES string of the molecule is CN(Cc1ccncc1)c1nc2ccccc2n1C. The Morgan fingerprint density at radius 3 is 2.58 bits per heavy atom. The van der Waals surface area contributed by atoms with E-state index in [2.05, 4.69) is 32.5 Å². The molecule has 4 nitrogen and oxygen atoms in total. The fourth-order valence-electron chi connectivity index (χ4n) is 2.31. The number of imidazole rings is 1. The lowest BCUT2D eigenvalue weighted by Crippen LogP contribution is -2.19. The van der Waals surface area contributed by atoms with Crippen LogP contribution in [0.25, 0.3) is 11.0 Å². The molecule has 4 heteroatoms. The topological polar surface area (TPSA) is 34.0 Å². The van der Waals surface area contributed by atoms with Gasteiger partial charge in [-0.15, -0.1) is 0 Å². The van der Waals surface area contributed by atoms with Crippen molar-refractivity contribution in [1.82, 2.24) is 14.5 Å². The number of anilines is 1. The van der Waals surface area contributed by atoms with Crippen LogP contribution in [0.15, 0.2) is 48.8 Å². The molecule has 0 aliphatic rings. The smallest absolute Gasteiger partial charge is 0.206 e. The number of aryl methyl sites for hydroxylation is 1. The van der Waals surface area contributed by atoms with Gasteiger partial charge in [-0.25, -0.2) is 4.98 Å². The third-order valence-corrected chi connectivity index (χ3v) is 3.27. The fourth-order valence-corrected chi connectivity index (χ4v) is 2.31. The van der Waals surface area contributed by atoms with Gasteiger partial charge in [0.05, 0.1) is 11.0 Å². The van der Waals surface area contributed by atoms with Gasteiger partial charge in [0.1, 0.15) is 0 Å². The van der Waals surface area contributed by atoms with Crippen LogP contribution in [0.4, 0.5) is 5.95 Å². The summed E-state index contributed by atoms with van der Waals surface area (Å²) in [5.74, 6) is 0.970. The lowest BCUT2D eigenvalue weighted by Gasteiger charge is -2.18. The molecule has 1 aromatic carbocycles. The van der Waals surface area contributed by atoms with Crippen molar-refractivity contribution in [3.8, 4) is 0 Å². The maximum Gasteiger partial charge on any atom is 0.206 e. The maximum atomic E-state index is 4.68. The Bertz CT molecular complexity index is 688. The maximum absolute atomic E-state index is 4.68. The largest absolute Gasteiger partial charge is 0.341 e. The number of hydrogen-bond donors (Lipinski definition) is 0. The zero-order valence-electron chi connectivity index (χ0n) is 11.1. The summed E-state index contributed by atoms with van der Waals surface area (Å²) < 4.78 is 2.12. The minimum atomic E-state index is 0.819. The Morgan fingerprint density at radius 1 is 1.11 bits per heavy atom. The van der Waals surface area contributed by atoms with E-state index in [-0.39, 0.29) is 0 Å². The molecule has 0 saturated carbocycles. The summed E-state index contributed by atoms with van der Waals surface area (Å²) in [6, 6.07) is 12.2. The number of rotatable bonds is 3. The highest BCUT2D eigenvalue weighted by Gasteiger charge is 2.11. The molecule has 0 unspecified atom stereocenters. The Morgan fingerprint density at radius 2 is 1.84 bits per heavy atom. The van der Waals surface area contributed by atoms with Gasteiger partial charge in [-0.2, -0.15) is 0 Å². The zero-order chi connectivity index (χ0) is 13.2. The molecule has 0 N–H and O–H groups in total. The lowest BCUT2D eigenvalue weighted by molar-refractivity contribution is 0.817. The first kappa shape index (κ1) is 11.7. The molecule has 2 aromatic heterocycles. The van der Waals surface area contributed by atoms with Crippen LogP contribution in [0, 0.1) is 0 Å². The van der Waals surface area contributed by atoms with Gasteiger partial charge in [-0.3, -0.25) is 4.98 Å². The predicted molar refractivity (Wildman–Crippen MR) is 77.1 cm³/mol. The third-order valence-electron chi connectivity index (χ3n) is 3.27. The summed E-state index contributed by atoms with van der Waals surface area (Å²) in [6.45, 7) is 0.819. The van der Waals surface area contributed by atoms with Crippen LogP contribution in [-0.2, 0) is 13.6 Å². The van der Waals surface area contributed by atoms with Crippen LogP contribution in [-0.4, -0.2) is 21.6 Å². The number of hydrogen-bond acceptors (Lipinski definition) is 3. The van der Waals surface area contributed by atoms with Gasteiger partial charge < -0.3 is 9.47 Å². The Kier molecular flexibility index (Phi) is 2.91. The van der Waals surface area contributed by atoms with E-state index in [1.807, 2.05) is 49.8 Å². The molecule has 96 valence electrons. The van der Waals surface area contributed by atoms with Gasteiger partial charge in [-0.05, 0) is 29.8 Å². The molecule has 0 bridgehead atoms. The minimum absolute atomic E-state index is 0.819. The molecule has 3 rings (SSSR count). The van der Waals surface area contributed by atoms with Gasteiger partial charge in [0.15, 0.2) is 0 Å². The second kappa shape index (κ2) is 4.72. The van der Waals surface area contributed by atoms with E-state index in [1.165, 1.54) is 5.56 Å². The van der Waals surface area contributed by atoms with Crippen molar-refractivity contribution in [3.63, 3.8) is 0 Å². The molecule has 0 fully saturated rings. The number of pyridine rings is 1. The van der Waals surface area contributed by atoms with Gasteiger partial charge in [0, 0.05) is 33.0 Å². The molecule has 0 spiro atoms. The summed E-state index contributed by atoms with van der Waals surface area (Å²) in [5.41, 5.74) is 3.41. The zero-order valence-corrected chi connectivity index (χ0v) is 11.1. The molecule has 2 heterocycles. The fraction of sp³-hybridized carbons (Fsp3) is 0.200. The van der Waals surface area contributed by atoms with Crippen molar-refractivity contribution in [2.75, 3.05) is 11.9 Å². The lowest BCUT2D eigenvalue weighted by atomic mass is 10.2. The first-order valence-electron chi connectivity index (χ1n) is 6.27. The van der Waals surface area contributed by atoms with Crippen LogP contribution in [0.1, 0.15) is 5.56 Å². The second-order valence-electron chi connectivity index (χ2n) is 4.67. The van der Waals surface area contributed by atoms with Crippen LogP contribution in [0.5, 0.6) is 0 Å². The quantitative estimate of drug-likeness (QED) is 0.718. The minimum Gasteiger partial charge on any atom is -0.341 e. The molecule has 0 amide bonds. The normalized spacial score (nSPS) is 10.8. The first-order chi connectivity index (χ1) is 9.25. The van der Waals surface area contributed by atoms with Crippen molar-refractivity contribution >= 4 is 17.0 Å². The molecular weight excluding hydrogens is 236 g/mol. The van der Waals surface area contributed by atoms with E-state index >= 15 is 0 Å². The molecule has 0 saturated heterocycles. The molecular formula is C15H16N4. The van der Waals surface area contributed by atoms with E-state index in [0.29, 0.717) is 0 Å². The van der Waals surface area contributed by atoms with Crippen molar-refractivity contribution in [1.29, 1.82) is 0 Å². The number of benzene rings is 1. The summed E-state index contributed by atoms with van der Waals surface area (Å²) >= 11 is 0. The number of para-hydroxylation sites is 2. The molecule has 0 atom stereocenters. The average molecular weight is 252 g/mol. The van der Waals surface area contributed by atoms with Crippen molar-refractivity contribution in [3.05, 3.63) is 54.4 Å². The van der Waals surface area contributed by atoms with Gasteiger partial charge >= 0.3 is 0 Å². The Hall–Kier alpha value is -2.36.